The minimum atomic E-state index is -3.91. The van der Waals surface area contributed by atoms with Gasteiger partial charge in [-0.2, -0.15) is 0 Å². The number of ether oxygens (including phenoxy) is 2. The van der Waals surface area contributed by atoms with E-state index in [4.69, 9.17) is 21.1 Å². The van der Waals surface area contributed by atoms with E-state index < -0.39 is 21.8 Å². The highest BCUT2D eigenvalue weighted by molar-refractivity contribution is 7.89. The Morgan fingerprint density at radius 1 is 1.30 bits per heavy atom. The number of esters is 1. The molecule has 0 aliphatic carbocycles. The molecule has 0 aliphatic rings. The highest BCUT2D eigenvalue weighted by Gasteiger charge is 2.20. The predicted octanol–water partition coefficient (Wildman–Crippen LogP) is 3.31. The lowest BCUT2D eigenvalue weighted by Crippen LogP contribution is -2.24. The van der Waals surface area contributed by atoms with Crippen LogP contribution in [-0.2, 0) is 21.4 Å². The van der Waals surface area contributed by atoms with Gasteiger partial charge in [-0.3, -0.25) is 0 Å². The second-order valence-corrected chi connectivity index (χ2v) is 7.47. The maximum Gasteiger partial charge on any atom is 0.338 e. The zero-order chi connectivity index (χ0) is 20.0. The second-order valence-electron chi connectivity index (χ2n) is 5.33. The molecular weight excluding hydrogens is 397 g/mol. The number of halogens is 2. The van der Waals surface area contributed by atoms with Crippen LogP contribution in [0, 0.1) is 5.82 Å². The average molecular weight is 414 g/mol. The molecule has 0 heterocycles. The number of hydrogen-bond donors (Lipinski definition) is 1. The first kappa shape index (κ1) is 20.9. The Balaban J connectivity index is 2.16. The van der Waals surface area contributed by atoms with Gasteiger partial charge in [0.2, 0.25) is 10.0 Å². The normalized spacial score (nSPS) is 11.1. The van der Waals surface area contributed by atoms with E-state index in [9.17, 15) is 17.6 Å². The molecule has 6 nitrogen and oxygen atoms in total. The summed E-state index contributed by atoms with van der Waals surface area (Å²) in [4.78, 5) is 12.0. The van der Waals surface area contributed by atoms with Gasteiger partial charge in [-0.1, -0.05) is 23.7 Å². The summed E-state index contributed by atoms with van der Waals surface area (Å²) in [6.07, 6.45) is 1.37. The molecule has 0 radical (unpaired) electrons. The molecule has 0 spiro atoms. The molecule has 2 rings (SSSR count). The Morgan fingerprint density at radius 2 is 2.04 bits per heavy atom. The van der Waals surface area contributed by atoms with Crippen LogP contribution in [0.5, 0.6) is 5.75 Å². The van der Waals surface area contributed by atoms with E-state index in [0.717, 1.165) is 6.07 Å². The first-order valence-corrected chi connectivity index (χ1v) is 9.54. The molecule has 0 bridgehead atoms. The molecule has 0 amide bonds. The molecule has 0 aliphatic heterocycles. The van der Waals surface area contributed by atoms with Crippen molar-refractivity contribution in [2.45, 2.75) is 11.5 Å². The van der Waals surface area contributed by atoms with E-state index in [1.807, 2.05) is 0 Å². The summed E-state index contributed by atoms with van der Waals surface area (Å²) < 4.78 is 50.3. The third-order valence-corrected chi connectivity index (χ3v) is 5.37. The molecule has 1 N–H and O–H groups in total. The maximum absolute atomic E-state index is 13.7. The molecule has 27 heavy (non-hydrogen) atoms. The minimum absolute atomic E-state index is 0.00707. The molecule has 0 unspecified atom stereocenters. The van der Waals surface area contributed by atoms with Crippen molar-refractivity contribution >= 4 is 27.6 Å². The number of methoxy groups -OCH3 is 1. The van der Waals surface area contributed by atoms with Gasteiger partial charge in [-0.25, -0.2) is 22.3 Å². The van der Waals surface area contributed by atoms with Gasteiger partial charge in [-0.15, -0.1) is 6.58 Å². The van der Waals surface area contributed by atoms with Gasteiger partial charge in [0.15, 0.2) is 11.6 Å². The third-order valence-electron chi connectivity index (χ3n) is 3.46. The fourth-order valence-corrected chi connectivity index (χ4v) is 3.64. The highest BCUT2D eigenvalue weighted by Crippen LogP contribution is 2.23. The topological polar surface area (TPSA) is 81.7 Å². The number of carbonyl (C=O) groups is 1. The van der Waals surface area contributed by atoms with Crippen LogP contribution in [0.4, 0.5) is 4.39 Å². The zero-order valence-corrected chi connectivity index (χ0v) is 15.9. The van der Waals surface area contributed by atoms with E-state index in [-0.39, 0.29) is 34.4 Å². The largest absolute Gasteiger partial charge is 0.494 e. The van der Waals surface area contributed by atoms with Crippen LogP contribution in [0.1, 0.15) is 15.9 Å². The lowest BCUT2D eigenvalue weighted by Gasteiger charge is -2.10. The molecule has 0 atom stereocenters. The van der Waals surface area contributed by atoms with Gasteiger partial charge in [0.05, 0.1) is 17.7 Å². The maximum atomic E-state index is 13.7. The van der Waals surface area contributed by atoms with Crippen molar-refractivity contribution in [2.75, 3.05) is 13.7 Å². The minimum Gasteiger partial charge on any atom is -0.494 e. The van der Waals surface area contributed by atoms with Crippen molar-refractivity contribution in [3.8, 4) is 5.75 Å². The van der Waals surface area contributed by atoms with Crippen molar-refractivity contribution in [1.82, 2.24) is 4.72 Å². The lowest BCUT2D eigenvalue weighted by molar-refractivity contribution is 0.0472. The zero-order valence-electron chi connectivity index (χ0n) is 14.4. The number of hydrogen-bond acceptors (Lipinski definition) is 5. The summed E-state index contributed by atoms with van der Waals surface area (Å²) in [5, 5.41) is -0.0414. The third kappa shape index (κ3) is 5.29. The second kappa shape index (κ2) is 8.98. The van der Waals surface area contributed by atoms with Gasteiger partial charge in [0.1, 0.15) is 11.5 Å². The number of benzene rings is 2. The molecule has 9 heteroatoms. The number of nitrogens with one attached hydrogen (secondary N) is 1. The Labute approximate surface area is 161 Å². The molecular formula is C18H17ClFNO5S. The van der Waals surface area contributed by atoms with E-state index in [1.54, 1.807) is 6.07 Å². The summed E-state index contributed by atoms with van der Waals surface area (Å²) in [6.45, 7) is 3.24. The summed E-state index contributed by atoms with van der Waals surface area (Å²) >= 11 is 5.93. The average Bonchev–Trinajstić information content (AvgIpc) is 2.64. The Morgan fingerprint density at radius 3 is 2.67 bits per heavy atom. The Hall–Kier alpha value is -2.42. The van der Waals surface area contributed by atoms with Gasteiger partial charge in [-0.05, 0) is 35.9 Å². The van der Waals surface area contributed by atoms with Gasteiger partial charge in [0.25, 0.3) is 0 Å². The van der Waals surface area contributed by atoms with Crippen LogP contribution < -0.4 is 9.46 Å². The Kier molecular flexibility index (Phi) is 6.95. The van der Waals surface area contributed by atoms with Crippen LogP contribution in [0.25, 0.3) is 0 Å². The smallest absolute Gasteiger partial charge is 0.338 e. The SMILES string of the molecule is C=CCNS(=O)(=O)c1cc(C(=O)OCc2ccc(OC)c(F)c2)ccc1Cl. The fourth-order valence-electron chi connectivity index (χ4n) is 2.11. The van der Waals surface area contributed by atoms with Crippen LogP contribution in [0.2, 0.25) is 5.02 Å². The highest BCUT2D eigenvalue weighted by atomic mass is 35.5. The number of rotatable bonds is 8. The lowest BCUT2D eigenvalue weighted by atomic mass is 10.2. The molecule has 0 saturated carbocycles. The van der Waals surface area contributed by atoms with E-state index in [0.29, 0.717) is 5.56 Å². The standard InChI is InChI=1S/C18H17ClFNO5S/c1-3-8-21-27(23,24)17-10-13(5-6-14(17)19)18(22)26-11-12-4-7-16(25-2)15(20)9-12/h3-7,9-10,21H,1,8,11H2,2H3. The van der Waals surface area contributed by atoms with Crippen molar-refractivity contribution in [2.24, 2.45) is 0 Å². The number of sulfonamides is 1. The first-order chi connectivity index (χ1) is 12.8. The van der Waals surface area contributed by atoms with Crippen molar-refractivity contribution in [3.63, 3.8) is 0 Å². The summed E-state index contributed by atoms with van der Waals surface area (Å²) in [5.41, 5.74) is 0.406. The predicted molar refractivity (Wildman–Crippen MR) is 98.9 cm³/mol. The monoisotopic (exact) mass is 413 g/mol. The van der Waals surface area contributed by atoms with Gasteiger partial charge < -0.3 is 9.47 Å². The summed E-state index contributed by atoms with van der Waals surface area (Å²) in [5.74, 6) is -1.29. The van der Waals surface area contributed by atoms with E-state index in [2.05, 4.69) is 11.3 Å². The van der Waals surface area contributed by atoms with Crippen LogP contribution in [0.3, 0.4) is 0 Å². The molecule has 2 aromatic carbocycles. The molecule has 144 valence electrons. The van der Waals surface area contributed by atoms with E-state index >= 15 is 0 Å². The molecule has 0 aromatic heterocycles. The van der Waals surface area contributed by atoms with Crippen molar-refractivity contribution in [1.29, 1.82) is 0 Å². The summed E-state index contributed by atoms with van der Waals surface area (Å²) in [7, 11) is -2.57. The van der Waals surface area contributed by atoms with Crippen LogP contribution >= 0.6 is 11.6 Å². The fraction of sp³-hybridized carbons (Fsp3) is 0.167. The molecule has 0 saturated heterocycles. The van der Waals surface area contributed by atoms with E-state index in [1.165, 1.54) is 37.5 Å². The van der Waals surface area contributed by atoms with Gasteiger partial charge >= 0.3 is 5.97 Å². The van der Waals surface area contributed by atoms with Crippen molar-refractivity contribution in [3.05, 3.63) is 71.0 Å². The first-order valence-electron chi connectivity index (χ1n) is 7.68. The van der Waals surface area contributed by atoms with Crippen LogP contribution in [-0.4, -0.2) is 28.0 Å². The Bertz CT molecular complexity index is 962. The van der Waals surface area contributed by atoms with Crippen molar-refractivity contribution < 1.29 is 27.1 Å². The number of carbonyl (C=O) groups excluding carboxylic acids is 1. The molecule has 2 aromatic rings. The quantitative estimate of drug-likeness (QED) is 0.530. The van der Waals surface area contributed by atoms with Gasteiger partial charge in [0, 0.05) is 6.54 Å². The van der Waals surface area contributed by atoms with Crippen LogP contribution in [0.15, 0.2) is 53.9 Å². The molecule has 0 fully saturated rings. The summed E-state index contributed by atoms with van der Waals surface area (Å²) in [6, 6.07) is 7.89.